The number of nitrogens with zero attached hydrogens (tertiary/aromatic N) is 2. The predicted octanol–water partition coefficient (Wildman–Crippen LogP) is 3.74. The number of carbonyl (C=O) groups is 2. The highest BCUT2D eigenvalue weighted by molar-refractivity contribution is 5.96. The highest BCUT2D eigenvalue weighted by Gasteiger charge is 2.15. The van der Waals surface area contributed by atoms with Crippen LogP contribution in [-0.4, -0.2) is 35.3 Å². The average molecular weight is 445 g/mol. The van der Waals surface area contributed by atoms with Crippen molar-refractivity contribution in [3.63, 3.8) is 0 Å². The Bertz CT molecular complexity index is 921. The molecule has 0 radical (unpaired) electrons. The van der Waals surface area contributed by atoms with Crippen LogP contribution < -0.4 is 20.3 Å². The molecule has 0 aliphatic heterocycles. The quantitative estimate of drug-likeness (QED) is 0.407. The summed E-state index contributed by atoms with van der Waals surface area (Å²) in [5, 5.41) is 4.58. The highest BCUT2D eigenvalue weighted by Crippen LogP contribution is 2.28. The van der Waals surface area contributed by atoms with Gasteiger partial charge in [0.1, 0.15) is 0 Å². The Morgan fingerprint density at radius 3 is 2.56 bits per heavy atom. The van der Waals surface area contributed by atoms with Gasteiger partial charge in [0.05, 0.1) is 19.4 Å². The van der Waals surface area contributed by atoms with Gasteiger partial charge >= 0.3 is 0 Å². The zero-order valence-corrected chi connectivity index (χ0v) is 20.1. The maximum absolute atomic E-state index is 12.4. The largest absolute Gasteiger partial charge is 0.493 e. The van der Waals surface area contributed by atoms with Crippen molar-refractivity contribution in [2.75, 3.05) is 13.7 Å². The molecule has 32 heavy (non-hydrogen) atoms. The van der Waals surface area contributed by atoms with E-state index in [0.29, 0.717) is 36.0 Å². The summed E-state index contributed by atoms with van der Waals surface area (Å²) >= 11 is 0. The van der Waals surface area contributed by atoms with Crippen molar-refractivity contribution in [3.8, 4) is 11.5 Å². The molecule has 0 unspecified atom stereocenters. The lowest BCUT2D eigenvalue weighted by molar-refractivity contribution is -0.121. The topological polar surface area (TPSA) is 94.5 Å². The maximum Gasteiger partial charge on any atom is 0.269 e. The maximum atomic E-state index is 12.4. The first-order valence-electron chi connectivity index (χ1n) is 11.2. The lowest BCUT2D eigenvalue weighted by Crippen LogP contribution is -2.41. The van der Waals surface area contributed by atoms with Crippen LogP contribution in [0.1, 0.15) is 67.3 Å². The van der Waals surface area contributed by atoms with Crippen LogP contribution in [-0.2, 0) is 17.8 Å². The van der Waals surface area contributed by atoms with Gasteiger partial charge in [-0.25, -0.2) is 0 Å². The van der Waals surface area contributed by atoms with E-state index in [2.05, 4.69) is 36.7 Å². The molecular formula is C24H36N4O4. The number of hydrogen-bond donors (Lipinski definition) is 2. The van der Waals surface area contributed by atoms with Gasteiger partial charge in [0.2, 0.25) is 5.91 Å². The number of amides is 2. The molecule has 8 nitrogen and oxygen atoms in total. The molecule has 2 aromatic rings. The molecule has 2 amide bonds. The fourth-order valence-corrected chi connectivity index (χ4v) is 3.37. The van der Waals surface area contributed by atoms with Crippen LogP contribution >= 0.6 is 0 Å². The Hall–Kier alpha value is -3.03. The second-order valence-corrected chi connectivity index (χ2v) is 8.30. The molecule has 0 bridgehead atoms. The number of carbonyl (C=O) groups excluding carboxylic acids is 2. The summed E-state index contributed by atoms with van der Waals surface area (Å²) in [6, 6.07) is 4.94. The van der Waals surface area contributed by atoms with Crippen LogP contribution in [0.5, 0.6) is 11.5 Å². The van der Waals surface area contributed by atoms with Crippen molar-refractivity contribution in [1.29, 1.82) is 0 Å². The van der Waals surface area contributed by atoms with E-state index < -0.39 is 5.91 Å². The number of benzene rings is 1. The average Bonchev–Trinajstić information content (AvgIpc) is 3.02. The molecule has 0 aliphatic carbocycles. The summed E-state index contributed by atoms with van der Waals surface area (Å²) in [4.78, 5) is 24.7. The van der Waals surface area contributed by atoms with Gasteiger partial charge in [-0.15, -0.1) is 0 Å². The van der Waals surface area contributed by atoms with E-state index in [-0.39, 0.29) is 12.3 Å². The van der Waals surface area contributed by atoms with E-state index in [0.717, 1.165) is 36.3 Å². The van der Waals surface area contributed by atoms with Crippen LogP contribution in [0.15, 0.2) is 18.2 Å². The van der Waals surface area contributed by atoms with Gasteiger partial charge in [-0.05, 0) is 56.4 Å². The zero-order chi connectivity index (χ0) is 23.7. The van der Waals surface area contributed by atoms with Crippen molar-refractivity contribution in [1.82, 2.24) is 20.6 Å². The minimum absolute atomic E-state index is 0.253. The van der Waals surface area contributed by atoms with E-state index in [1.54, 1.807) is 18.2 Å². The van der Waals surface area contributed by atoms with Crippen molar-refractivity contribution < 1.29 is 19.1 Å². The van der Waals surface area contributed by atoms with Gasteiger partial charge in [-0.1, -0.05) is 27.2 Å². The minimum atomic E-state index is -0.422. The van der Waals surface area contributed by atoms with Gasteiger partial charge in [0.15, 0.2) is 11.5 Å². The number of ether oxygens (including phenoxy) is 2. The summed E-state index contributed by atoms with van der Waals surface area (Å²) in [5.41, 5.74) is 8.42. The SMILES string of the molecule is CCCCOc1ccc(C(=O)NNC(=O)CCc2c(C)nn(CC(C)C)c2C)cc1OC. The Balaban J connectivity index is 1.89. The fraction of sp³-hybridized carbons (Fsp3) is 0.542. The summed E-state index contributed by atoms with van der Waals surface area (Å²) in [7, 11) is 1.53. The van der Waals surface area contributed by atoms with Crippen molar-refractivity contribution in [2.24, 2.45) is 5.92 Å². The molecule has 2 N–H and O–H groups in total. The number of aryl methyl sites for hydroxylation is 1. The molecule has 2 rings (SSSR count). The normalized spacial score (nSPS) is 10.8. The third kappa shape index (κ3) is 7.00. The molecule has 0 fully saturated rings. The molecule has 0 atom stereocenters. The zero-order valence-electron chi connectivity index (χ0n) is 20.1. The third-order valence-corrected chi connectivity index (χ3v) is 5.17. The smallest absolute Gasteiger partial charge is 0.269 e. The Morgan fingerprint density at radius 2 is 1.91 bits per heavy atom. The van der Waals surface area contributed by atoms with Crippen LogP contribution in [0.3, 0.4) is 0 Å². The Morgan fingerprint density at radius 1 is 1.16 bits per heavy atom. The molecule has 8 heteroatoms. The highest BCUT2D eigenvalue weighted by atomic mass is 16.5. The van der Waals surface area contributed by atoms with Crippen LogP contribution in [0, 0.1) is 19.8 Å². The van der Waals surface area contributed by atoms with E-state index in [4.69, 9.17) is 9.47 Å². The summed E-state index contributed by atoms with van der Waals surface area (Å²) in [5.74, 6) is 0.874. The van der Waals surface area contributed by atoms with E-state index >= 15 is 0 Å². The minimum Gasteiger partial charge on any atom is -0.493 e. The van der Waals surface area contributed by atoms with Crippen LogP contribution in [0.4, 0.5) is 0 Å². The van der Waals surface area contributed by atoms with Crippen molar-refractivity contribution in [3.05, 3.63) is 40.7 Å². The summed E-state index contributed by atoms with van der Waals surface area (Å²) < 4.78 is 13.0. The molecule has 176 valence electrons. The third-order valence-electron chi connectivity index (χ3n) is 5.17. The van der Waals surface area contributed by atoms with Crippen molar-refractivity contribution >= 4 is 11.8 Å². The van der Waals surface area contributed by atoms with Gasteiger partial charge in [0, 0.05) is 24.2 Å². The number of hydrazine groups is 1. The predicted molar refractivity (Wildman–Crippen MR) is 124 cm³/mol. The Kier molecular flexibility index (Phi) is 9.56. The lowest BCUT2D eigenvalue weighted by atomic mass is 10.1. The number of nitrogens with one attached hydrogen (secondary N) is 2. The molecule has 1 heterocycles. The number of unbranched alkanes of at least 4 members (excludes halogenated alkanes) is 1. The van der Waals surface area contributed by atoms with E-state index in [9.17, 15) is 9.59 Å². The second-order valence-electron chi connectivity index (χ2n) is 8.30. The first-order chi connectivity index (χ1) is 15.3. The second kappa shape index (κ2) is 12.1. The molecule has 1 aromatic carbocycles. The van der Waals surface area contributed by atoms with Crippen molar-refractivity contribution in [2.45, 2.75) is 66.8 Å². The van der Waals surface area contributed by atoms with E-state index in [1.807, 2.05) is 18.5 Å². The fourth-order valence-electron chi connectivity index (χ4n) is 3.37. The monoisotopic (exact) mass is 444 g/mol. The molecule has 0 aliphatic rings. The van der Waals surface area contributed by atoms with Crippen LogP contribution in [0.25, 0.3) is 0 Å². The van der Waals surface area contributed by atoms with Gasteiger partial charge < -0.3 is 9.47 Å². The molecule has 0 saturated heterocycles. The number of aromatic nitrogens is 2. The summed E-state index contributed by atoms with van der Waals surface area (Å²) in [6.07, 6.45) is 2.79. The molecule has 1 aromatic heterocycles. The first-order valence-corrected chi connectivity index (χ1v) is 11.2. The number of hydrogen-bond acceptors (Lipinski definition) is 5. The van der Waals surface area contributed by atoms with Gasteiger partial charge in [0.25, 0.3) is 5.91 Å². The number of rotatable bonds is 11. The van der Waals surface area contributed by atoms with Gasteiger partial charge in [-0.2, -0.15) is 5.10 Å². The number of methoxy groups -OCH3 is 1. The molecule has 0 saturated carbocycles. The first kappa shape index (κ1) is 25.2. The standard InChI is InChI=1S/C24H36N4O4/c1-7-8-13-32-21-11-9-19(14-22(21)31-6)24(30)26-25-23(29)12-10-20-17(4)27-28(18(20)5)15-16(2)3/h9,11,14,16H,7-8,10,12-13,15H2,1-6H3,(H,25,29)(H,26,30). The molecular weight excluding hydrogens is 408 g/mol. The lowest BCUT2D eigenvalue weighted by Gasteiger charge is -2.12. The van der Waals surface area contributed by atoms with E-state index in [1.165, 1.54) is 7.11 Å². The van der Waals surface area contributed by atoms with Gasteiger partial charge in [-0.3, -0.25) is 25.1 Å². The summed E-state index contributed by atoms with van der Waals surface area (Å²) in [6.45, 7) is 11.8. The van der Waals surface area contributed by atoms with Crippen LogP contribution in [0.2, 0.25) is 0 Å². The molecule has 0 spiro atoms. The Labute approximate surface area is 190 Å².